The van der Waals surface area contributed by atoms with Gasteiger partial charge in [0.25, 0.3) is 0 Å². The molecule has 0 radical (unpaired) electrons. The number of hydrogen-bond acceptors (Lipinski definition) is 4. The van der Waals surface area contributed by atoms with Crippen LogP contribution < -0.4 is 0 Å². The summed E-state index contributed by atoms with van der Waals surface area (Å²) in [6, 6.07) is 73.3. The molecule has 0 aliphatic carbocycles. The smallest absolute Gasteiger partial charge is 0.207 e. The highest BCUT2D eigenvalue weighted by Gasteiger charge is 2.48. The molecule has 5 heteroatoms. The topological polar surface area (TPSA) is 59.9 Å². The molecule has 4 nitrogen and oxygen atoms in total. The molecule has 0 unspecified atom stereocenters. The highest BCUT2D eigenvalue weighted by molar-refractivity contribution is 7.91. The molecular formula is C53H36N2O2S. The molecule has 0 atom stereocenters. The van der Waals surface area contributed by atoms with E-state index >= 15 is 0 Å². The van der Waals surface area contributed by atoms with E-state index < -0.39 is 15.3 Å². The van der Waals surface area contributed by atoms with E-state index in [2.05, 4.69) is 115 Å². The second-order valence-corrected chi connectivity index (χ2v) is 16.4. The maximum absolute atomic E-state index is 14.1. The molecule has 0 bridgehead atoms. The Morgan fingerprint density at radius 3 is 1.26 bits per heavy atom. The van der Waals surface area contributed by atoms with Gasteiger partial charge in [0.2, 0.25) is 9.84 Å². The molecule has 0 saturated carbocycles. The first-order valence-corrected chi connectivity index (χ1v) is 20.8. The van der Waals surface area contributed by atoms with Crippen LogP contribution in [-0.4, -0.2) is 18.4 Å². The van der Waals surface area contributed by atoms with Gasteiger partial charge in [-0.05, 0) is 74.8 Å². The zero-order valence-electron chi connectivity index (χ0n) is 31.4. The van der Waals surface area contributed by atoms with E-state index in [0.717, 1.165) is 72.6 Å². The predicted octanol–water partition coefficient (Wildman–Crippen LogP) is 12.3. The fourth-order valence-electron chi connectivity index (χ4n) is 8.48. The first kappa shape index (κ1) is 35.2. The van der Waals surface area contributed by atoms with Crippen LogP contribution in [0.2, 0.25) is 0 Å². The predicted molar refractivity (Wildman–Crippen MR) is 233 cm³/mol. The van der Waals surface area contributed by atoms with Crippen molar-refractivity contribution in [3.8, 4) is 56.2 Å². The van der Waals surface area contributed by atoms with Crippen LogP contribution in [0.25, 0.3) is 56.2 Å². The Kier molecular flexibility index (Phi) is 8.73. The third kappa shape index (κ3) is 5.96. The molecule has 2 heterocycles. The monoisotopic (exact) mass is 764 g/mol. The lowest BCUT2D eigenvalue weighted by Gasteiger charge is -2.41. The number of sulfone groups is 1. The van der Waals surface area contributed by atoms with Gasteiger partial charge in [0, 0.05) is 16.7 Å². The van der Waals surface area contributed by atoms with E-state index in [9.17, 15) is 8.42 Å². The Morgan fingerprint density at radius 2 is 0.724 bits per heavy atom. The maximum Gasteiger partial charge on any atom is 0.207 e. The highest BCUT2D eigenvalue weighted by atomic mass is 32.2. The van der Waals surface area contributed by atoms with Crippen LogP contribution in [0.5, 0.6) is 0 Å². The van der Waals surface area contributed by atoms with Crippen molar-refractivity contribution in [3.05, 3.63) is 241 Å². The SMILES string of the molecule is O=S1(=O)c2ccccc2C(c2ccccc2)(c2ccc(-c3cccc(-c4cccc(-c5nc(-c6ccccc6)cc(-c6ccccc6)n5)c4)c3)cc2)c2ccccc21. The van der Waals surface area contributed by atoms with E-state index in [0.29, 0.717) is 15.6 Å². The third-order valence-corrected chi connectivity index (χ3v) is 13.1. The van der Waals surface area contributed by atoms with Gasteiger partial charge in [0.05, 0.1) is 26.6 Å². The van der Waals surface area contributed by atoms with Gasteiger partial charge in [-0.25, -0.2) is 18.4 Å². The molecule has 1 aliphatic rings. The van der Waals surface area contributed by atoms with Crippen molar-refractivity contribution in [2.75, 3.05) is 0 Å². The molecule has 58 heavy (non-hydrogen) atoms. The lowest BCUT2D eigenvalue weighted by Crippen LogP contribution is -2.37. The Balaban J connectivity index is 1.05. The summed E-state index contributed by atoms with van der Waals surface area (Å²) < 4.78 is 28.2. The zero-order valence-corrected chi connectivity index (χ0v) is 32.2. The summed E-state index contributed by atoms with van der Waals surface area (Å²) in [5, 5.41) is 0. The highest BCUT2D eigenvalue weighted by Crippen LogP contribution is 2.53. The summed E-state index contributed by atoms with van der Waals surface area (Å²) in [5.41, 5.74) is 11.7. The Bertz CT molecular complexity index is 2950. The van der Waals surface area contributed by atoms with Crippen molar-refractivity contribution in [2.45, 2.75) is 15.2 Å². The normalized spacial score (nSPS) is 13.6. The van der Waals surface area contributed by atoms with Crippen molar-refractivity contribution in [1.82, 2.24) is 9.97 Å². The van der Waals surface area contributed by atoms with Crippen LogP contribution in [0.15, 0.2) is 228 Å². The molecule has 1 aliphatic heterocycles. The maximum atomic E-state index is 14.1. The van der Waals surface area contributed by atoms with Crippen molar-refractivity contribution in [1.29, 1.82) is 0 Å². The van der Waals surface area contributed by atoms with E-state index in [4.69, 9.17) is 9.97 Å². The van der Waals surface area contributed by atoms with Crippen LogP contribution in [-0.2, 0) is 15.3 Å². The van der Waals surface area contributed by atoms with E-state index in [-0.39, 0.29) is 0 Å². The van der Waals surface area contributed by atoms with Crippen molar-refractivity contribution < 1.29 is 8.42 Å². The molecule has 0 spiro atoms. The summed E-state index contributed by atoms with van der Waals surface area (Å²) in [6.45, 7) is 0. The molecule has 8 aromatic carbocycles. The van der Waals surface area contributed by atoms with Gasteiger partial charge >= 0.3 is 0 Å². The quantitative estimate of drug-likeness (QED) is 0.162. The molecule has 0 saturated heterocycles. The molecule has 276 valence electrons. The number of benzene rings is 8. The summed E-state index contributed by atoms with van der Waals surface area (Å²) in [6.07, 6.45) is 0. The average molecular weight is 765 g/mol. The van der Waals surface area contributed by atoms with Gasteiger partial charge in [-0.1, -0.05) is 188 Å². The lowest BCUT2D eigenvalue weighted by atomic mass is 9.64. The lowest BCUT2D eigenvalue weighted by molar-refractivity contribution is 0.579. The van der Waals surface area contributed by atoms with Crippen LogP contribution in [0.3, 0.4) is 0 Å². The van der Waals surface area contributed by atoms with E-state index in [1.54, 1.807) is 12.1 Å². The largest absolute Gasteiger partial charge is 0.228 e. The number of nitrogens with zero attached hydrogens (tertiary/aromatic N) is 2. The first-order chi connectivity index (χ1) is 28.5. The molecule has 9 aromatic rings. The van der Waals surface area contributed by atoms with E-state index in [1.807, 2.05) is 91.0 Å². The first-order valence-electron chi connectivity index (χ1n) is 19.3. The number of aromatic nitrogens is 2. The van der Waals surface area contributed by atoms with Crippen molar-refractivity contribution in [3.63, 3.8) is 0 Å². The van der Waals surface area contributed by atoms with E-state index in [1.165, 1.54) is 0 Å². The average Bonchev–Trinajstić information content (AvgIpc) is 3.30. The van der Waals surface area contributed by atoms with Crippen LogP contribution >= 0.6 is 0 Å². The molecular weight excluding hydrogens is 729 g/mol. The van der Waals surface area contributed by atoms with Gasteiger partial charge in [-0.2, -0.15) is 0 Å². The van der Waals surface area contributed by atoms with Crippen LogP contribution in [0, 0.1) is 0 Å². The number of fused-ring (bicyclic) bond motifs is 2. The fraction of sp³-hybridized carbons (Fsp3) is 0.0189. The fourth-order valence-corrected chi connectivity index (χ4v) is 10.3. The van der Waals surface area contributed by atoms with Crippen molar-refractivity contribution >= 4 is 9.84 Å². The Hall–Kier alpha value is -7.21. The molecule has 10 rings (SSSR count). The summed E-state index contributed by atoms with van der Waals surface area (Å²) >= 11 is 0. The summed E-state index contributed by atoms with van der Waals surface area (Å²) in [7, 11) is -3.73. The van der Waals surface area contributed by atoms with Gasteiger partial charge in [0.1, 0.15) is 0 Å². The molecule has 0 amide bonds. The standard InChI is InChI=1S/C53H36N2O2S/c56-58(57)50-28-12-10-26-46(50)53(44-24-8-3-9-25-44,47-27-11-13-29-51(47)58)45-32-30-37(31-33-45)40-20-14-21-41(34-40)42-22-15-23-43(35-42)52-54-48(38-16-4-1-5-17-38)36-49(55-52)39-18-6-2-7-19-39/h1-36H. The van der Waals surface area contributed by atoms with Gasteiger partial charge in [-0.15, -0.1) is 0 Å². The number of rotatable bonds is 7. The van der Waals surface area contributed by atoms with Gasteiger partial charge in [0.15, 0.2) is 5.82 Å². The van der Waals surface area contributed by atoms with Crippen molar-refractivity contribution in [2.24, 2.45) is 0 Å². The minimum Gasteiger partial charge on any atom is -0.228 e. The van der Waals surface area contributed by atoms with Gasteiger partial charge < -0.3 is 0 Å². The second kappa shape index (κ2) is 14.4. The zero-order chi connectivity index (χ0) is 39.1. The minimum absolute atomic E-state index is 0.338. The Morgan fingerprint density at radius 1 is 0.328 bits per heavy atom. The minimum atomic E-state index is -3.73. The van der Waals surface area contributed by atoms with Crippen LogP contribution in [0.1, 0.15) is 22.3 Å². The van der Waals surface area contributed by atoms with Crippen LogP contribution in [0.4, 0.5) is 0 Å². The molecule has 1 aromatic heterocycles. The number of hydrogen-bond donors (Lipinski definition) is 0. The molecule has 0 N–H and O–H groups in total. The van der Waals surface area contributed by atoms with Gasteiger partial charge in [-0.3, -0.25) is 0 Å². The summed E-state index contributed by atoms with van der Waals surface area (Å²) in [4.78, 5) is 10.8. The second-order valence-electron chi connectivity index (χ2n) is 14.5. The third-order valence-electron chi connectivity index (χ3n) is 11.2. The summed E-state index contributed by atoms with van der Waals surface area (Å²) in [5.74, 6) is 0.666. The molecule has 0 fully saturated rings. The Labute approximate surface area is 338 Å².